The number of likely N-dealkylation sites (N-methyl/N-ethyl adjacent to an activating group) is 1. The maximum atomic E-state index is 5.85. The van der Waals surface area contributed by atoms with Crippen LogP contribution in [0.2, 0.25) is 5.02 Å². The van der Waals surface area contributed by atoms with E-state index in [1.54, 1.807) is 0 Å². The molecule has 4 heteroatoms. The summed E-state index contributed by atoms with van der Waals surface area (Å²) in [5.41, 5.74) is 1.33. The van der Waals surface area contributed by atoms with Crippen LogP contribution in [0.1, 0.15) is 12.0 Å². The molecule has 1 heterocycles. The maximum Gasteiger partial charge on any atom is 0.0406 e. The van der Waals surface area contributed by atoms with Gasteiger partial charge < -0.3 is 5.32 Å². The number of rotatable bonds is 3. The van der Waals surface area contributed by atoms with Gasteiger partial charge in [0, 0.05) is 24.2 Å². The minimum atomic E-state index is 0. The van der Waals surface area contributed by atoms with E-state index in [2.05, 4.69) is 29.4 Å². The van der Waals surface area contributed by atoms with Gasteiger partial charge in [-0.05, 0) is 37.7 Å². The molecule has 1 fully saturated rings. The third-order valence-corrected chi connectivity index (χ3v) is 3.25. The van der Waals surface area contributed by atoms with E-state index in [-0.39, 0.29) is 12.4 Å². The van der Waals surface area contributed by atoms with Crippen LogP contribution in [0.25, 0.3) is 0 Å². The first-order valence-electron chi connectivity index (χ1n) is 5.41. The molecule has 1 aromatic carbocycles. The second kappa shape index (κ2) is 6.45. The summed E-state index contributed by atoms with van der Waals surface area (Å²) in [6, 6.07) is 8.79. The highest BCUT2D eigenvalue weighted by atomic mass is 35.5. The SMILES string of the molecule is CN(Cc1ccc(Cl)cc1)C1CCNC1.Cl. The lowest BCUT2D eigenvalue weighted by atomic mass is 10.1. The minimum Gasteiger partial charge on any atom is -0.315 e. The molecular weight excluding hydrogens is 243 g/mol. The molecule has 16 heavy (non-hydrogen) atoms. The van der Waals surface area contributed by atoms with Gasteiger partial charge in [-0.25, -0.2) is 0 Å². The van der Waals surface area contributed by atoms with Gasteiger partial charge in [0.05, 0.1) is 0 Å². The van der Waals surface area contributed by atoms with Crippen LogP contribution in [-0.2, 0) is 6.54 Å². The molecule has 0 aliphatic carbocycles. The molecule has 1 unspecified atom stereocenters. The summed E-state index contributed by atoms with van der Waals surface area (Å²) in [7, 11) is 2.19. The molecule has 0 bridgehead atoms. The first-order valence-corrected chi connectivity index (χ1v) is 5.79. The Balaban J connectivity index is 0.00000128. The number of hydrogen-bond acceptors (Lipinski definition) is 2. The van der Waals surface area contributed by atoms with Gasteiger partial charge in [0.25, 0.3) is 0 Å². The number of halogens is 2. The molecule has 1 aliphatic heterocycles. The second-order valence-electron chi connectivity index (χ2n) is 4.19. The van der Waals surface area contributed by atoms with E-state index in [0.29, 0.717) is 6.04 Å². The van der Waals surface area contributed by atoms with Crippen molar-refractivity contribution in [1.82, 2.24) is 10.2 Å². The van der Waals surface area contributed by atoms with Crippen molar-refractivity contribution in [3.8, 4) is 0 Å². The van der Waals surface area contributed by atoms with E-state index in [9.17, 15) is 0 Å². The summed E-state index contributed by atoms with van der Waals surface area (Å²) in [5, 5.41) is 4.19. The van der Waals surface area contributed by atoms with Gasteiger partial charge in [0.1, 0.15) is 0 Å². The van der Waals surface area contributed by atoms with Crippen LogP contribution in [0, 0.1) is 0 Å². The molecule has 90 valence electrons. The molecule has 2 rings (SSSR count). The molecule has 0 aromatic heterocycles. The maximum absolute atomic E-state index is 5.85. The Morgan fingerprint density at radius 2 is 2.06 bits per heavy atom. The van der Waals surface area contributed by atoms with E-state index in [4.69, 9.17) is 11.6 Å². The van der Waals surface area contributed by atoms with Crippen molar-refractivity contribution >= 4 is 24.0 Å². The Kier molecular flexibility index (Phi) is 5.56. The Morgan fingerprint density at radius 3 is 2.62 bits per heavy atom. The van der Waals surface area contributed by atoms with E-state index in [0.717, 1.165) is 24.7 Å². The highest BCUT2D eigenvalue weighted by Crippen LogP contribution is 2.14. The summed E-state index contributed by atoms with van der Waals surface area (Å²) >= 11 is 5.85. The van der Waals surface area contributed by atoms with Gasteiger partial charge in [0.2, 0.25) is 0 Å². The second-order valence-corrected chi connectivity index (χ2v) is 4.62. The topological polar surface area (TPSA) is 15.3 Å². The summed E-state index contributed by atoms with van der Waals surface area (Å²) < 4.78 is 0. The standard InChI is InChI=1S/C12H17ClN2.ClH/c1-15(12-6-7-14-8-12)9-10-2-4-11(13)5-3-10;/h2-5,12,14H,6-9H2,1H3;1H. The van der Waals surface area contributed by atoms with Gasteiger partial charge in [-0.3, -0.25) is 4.90 Å². The minimum absolute atomic E-state index is 0. The van der Waals surface area contributed by atoms with Crippen molar-refractivity contribution in [1.29, 1.82) is 0 Å². The molecule has 0 spiro atoms. The third kappa shape index (κ3) is 3.63. The van der Waals surface area contributed by atoms with Crippen molar-refractivity contribution in [2.75, 3.05) is 20.1 Å². The van der Waals surface area contributed by atoms with Crippen LogP contribution >= 0.6 is 24.0 Å². The lowest BCUT2D eigenvalue weighted by Gasteiger charge is -2.23. The average molecular weight is 261 g/mol. The molecule has 1 aliphatic rings. The van der Waals surface area contributed by atoms with Gasteiger partial charge in [0.15, 0.2) is 0 Å². The van der Waals surface area contributed by atoms with Gasteiger partial charge in [-0.1, -0.05) is 23.7 Å². The van der Waals surface area contributed by atoms with Crippen LogP contribution in [0.5, 0.6) is 0 Å². The van der Waals surface area contributed by atoms with Crippen molar-refractivity contribution in [3.05, 3.63) is 34.9 Å². The van der Waals surface area contributed by atoms with Crippen LogP contribution in [-0.4, -0.2) is 31.1 Å². The van der Waals surface area contributed by atoms with Gasteiger partial charge in [-0.2, -0.15) is 0 Å². The molecule has 0 saturated carbocycles. The Morgan fingerprint density at radius 1 is 1.38 bits per heavy atom. The van der Waals surface area contributed by atoms with Crippen molar-refractivity contribution < 1.29 is 0 Å². The smallest absolute Gasteiger partial charge is 0.0406 e. The molecule has 1 saturated heterocycles. The highest BCUT2D eigenvalue weighted by Gasteiger charge is 2.18. The average Bonchev–Trinajstić information content (AvgIpc) is 2.74. The fraction of sp³-hybridized carbons (Fsp3) is 0.500. The van der Waals surface area contributed by atoms with E-state index < -0.39 is 0 Å². The molecule has 2 nitrogen and oxygen atoms in total. The lowest BCUT2D eigenvalue weighted by Crippen LogP contribution is -2.32. The first kappa shape index (κ1) is 13.8. The van der Waals surface area contributed by atoms with Crippen LogP contribution in [0.15, 0.2) is 24.3 Å². The quantitative estimate of drug-likeness (QED) is 0.899. The van der Waals surface area contributed by atoms with Crippen molar-refractivity contribution in [2.24, 2.45) is 0 Å². The van der Waals surface area contributed by atoms with Crippen LogP contribution in [0.4, 0.5) is 0 Å². The predicted molar refractivity (Wildman–Crippen MR) is 71.4 cm³/mol. The van der Waals surface area contributed by atoms with Crippen molar-refractivity contribution in [2.45, 2.75) is 19.0 Å². The fourth-order valence-corrected chi connectivity index (χ4v) is 2.15. The fourth-order valence-electron chi connectivity index (χ4n) is 2.02. The van der Waals surface area contributed by atoms with E-state index >= 15 is 0 Å². The Hall–Kier alpha value is -0.280. The number of nitrogens with one attached hydrogen (secondary N) is 1. The summed E-state index contributed by atoms with van der Waals surface area (Å²) in [5.74, 6) is 0. The molecule has 1 N–H and O–H groups in total. The number of hydrogen-bond donors (Lipinski definition) is 1. The summed E-state index contributed by atoms with van der Waals surface area (Å²) in [6.07, 6.45) is 1.25. The zero-order valence-corrected chi connectivity index (χ0v) is 11.0. The molecule has 0 radical (unpaired) electrons. The highest BCUT2D eigenvalue weighted by molar-refractivity contribution is 6.30. The predicted octanol–water partition coefficient (Wildman–Crippen LogP) is 2.56. The summed E-state index contributed by atoms with van der Waals surface area (Å²) in [6.45, 7) is 3.27. The van der Waals surface area contributed by atoms with Crippen LogP contribution in [0.3, 0.4) is 0 Å². The lowest BCUT2D eigenvalue weighted by molar-refractivity contribution is 0.249. The van der Waals surface area contributed by atoms with Crippen LogP contribution < -0.4 is 5.32 Å². The van der Waals surface area contributed by atoms with E-state index in [1.807, 2.05) is 12.1 Å². The first-order chi connectivity index (χ1) is 7.25. The monoisotopic (exact) mass is 260 g/mol. The normalized spacial score (nSPS) is 19.8. The number of benzene rings is 1. The third-order valence-electron chi connectivity index (χ3n) is 3.00. The molecule has 1 atom stereocenters. The molecule has 0 amide bonds. The van der Waals surface area contributed by atoms with Gasteiger partial charge >= 0.3 is 0 Å². The molecular formula is C12H18Cl2N2. The van der Waals surface area contributed by atoms with Gasteiger partial charge in [-0.15, -0.1) is 12.4 Å². The zero-order valence-electron chi connectivity index (χ0n) is 9.45. The summed E-state index contributed by atoms with van der Waals surface area (Å²) in [4.78, 5) is 2.41. The zero-order chi connectivity index (χ0) is 10.7. The largest absolute Gasteiger partial charge is 0.315 e. The number of nitrogens with zero attached hydrogens (tertiary/aromatic N) is 1. The Bertz CT molecular complexity index is 307. The molecule has 1 aromatic rings. The Labute approximate surface area is 108 Å². The van der Waals surface area contributed by atoms with E-state index in [1.165, 1.54) is 12.0 Å². The van der Waals surface area contributed by atoms with Crippen molar-refractivity contribution in [3.63, 3.8) is 0 Å².